The van der Waals surface area contributed by atoms with Gasteiger partial charge in [-0.3, -0.25) is 9.63 Å². The number of fused-ring (bicyclic) bond motifs is 3. The van der Waals surface area contributed by atoms with Crippen molar-refractivity contribution < 1.29 is 14.5 Å². The lowest BCUT2D eigenvalue weighted by molar-refractivity contribution is -0.189. The Bertz CT molecular complexity index is 887. The Hall–Kier alpha value is -2.70. The molecule has 0 N–H and O–H groups in total. The van der Waals surface area contributed by atoms with Crippen LogP contribution in [-0.4, -0.2) is 46.8 Å². The van der Waals surface area contributed by atoms with Crippen molar-refractivity contribution in [2.45, 2.75) is 38.1 Å². The molecule has 0 aromatic heterocycles. The summed E-state index contributed by atoms with van der Waals surface area (Å²) in [7, 11) is 0. The van der Waals surface area contributed by atoms with Gasteiger partial charge in [-0.05, 0) is 24.0 Å². The van der Waals surface area contributed by atoms with Gasteiger partial charge in [-0.25, -0.2) is 0 Å². The first-order chi connectivity index (χ1) is 14.3. The molecule has 2 saturated heterocycles. The quantitative estimate of drug-likeness (QED) is 0.736. The summed E-state index contributed by atoms with van der Waals surface area (Å²) in [5.41, 5.74) is 3.18. The van der Waals surface area contributed by atoms with E-state index in [9.17, 15) is 4.79 Å². The predicted molar refractivity (Wildman–Crippen MR) is 109 cm³/mol. The second kappa shape index (κ2) is 7.97. The van der Waals surface area contributed by atoms with E-state index in [0.717, 1.165) is 36.2 Å². The zero-order valence-corrected chi connectivity index (χ0v) is 16.3. The number of piperazine rings is 1. The molecule has 5 rings (SSSR count). The van der Waals surface area contributed by atoms with Gasteiger partial charge in [-0.2, -0.15) is 5.06 Å². The summed E-state index contributed by atoms with van der Waals surface area (Å²) in [6.07, 6.45) is 1.73. The Morgan fingerprint density at radius 3 is 2.48 bits per heavy atom. The van der Waals surface area contributed by atoms with Crippen LogP contribution in [0.3, 0.4) is 0 Å². The molecule has 2 aromatic rings. The maximum atomic E-state index is 13.3. The highest BCUT2D eigenvalue weighted by atomic mass is 16.7. The Kier molecular flexibility index (Phi) is 5.04. The zero-order valence-electron chi connectivity index (χ0n) is 16.3. The Labute approximate surface area is 170 Å². The van der Waals surface area contributed by atoms with Gasteiger partial charge in [0.15, 0.2) is 0 Å². The molecule has 29 heavy (non-hydrogen) atoms. The van der Waals surface area contributed by atoms with E-state index >= 15 is 0 Å². The van der Waals surface area contributed by atoms with Crippen molar-refractivity contribution in [1.82, 2.24) is 9.96 Å². The molecule has 0 radical (unpaired) electrons. The van der Waals surface area contributed by atoms with E-state index in [0.29, 0.717) is 19.7 Å². The zero-order chi connectivity index (χ0) is 19.6. The first kappa shape index (κ1) is 18.3. The summed E-state index contributed by atoms with van der Waals surface area (Å²) in [6.45, 7) is 2.48. The molecule has 1 saturated carbocycles. The number of hydroxylamine groups is 2. The van der Waals surface area contributed by atoms with Crippen LogP contribution in [-0.2, 0) is 27.6 Å². The molecule has 150 valence electrons. The summed E-state index contributed by atoms with van der Waals surface area (Å²) in [5.74, 6) is 0.113. The second-order valence-electron chi connectivity index (χ2n) is 7.88. The molecule has 3 atom stereocenters. The molecule has 6 heteroatoms. The van der Waals surface area contributed by atoms with Crippen LogP contribution in [0.2, 0.25) is 0 Å². The Morgan fingerprint density at radius 2 is 1.72 bits per heavy atom. The molecule has 0 unspecified atom stereocenters. The minimum atomic E-state index is -0.293. The highest BCUT2D eigenvalue weighted by molar-refractivity contribution is 5.96. The fraction of sp³-hybridized carbons (Fsp3) is 0.391. The van der Waals surface area contributed by atoms with Crippen LogP contribution in [0.1, 0.15) is 24.0 Å². The largest absolute Gasteiger partial charge is 0.391 e. The van der Waals surface area contributed by atoms with Gasteiger partial charge < -0.3 is 9.74 Å². The molecule has 3 fully saturated rings. The molecule has 0 bridgehead atoms. The first-order valence-corrected chi connectivity index (χ1v) is 10.3. The third-order valence-corrected chi connectivity index (χ3v) is 6.02. The second-order valence-corrected chi connectivity index (χ2v) is 7.88. The van der Waals surface area contributed by atoms with Crippen molar-refractivity contribution in [3.05, 3.63) is 71.8 Å². The monoisotopic (exact) mass is 391 g/mol. The van der Waals surface area contributed by atoms with Crippen molar-refractivity contribution in [2.24, 2.45) is 11.1 Å². The van der Waals surface area contributed by atoms with E-state index in [1.54, 1.807) is 0 Å². The number of rotatable bonds is 5. The van der Waals surface area contributed by atoms with E-state index < -0.39 is 0 Å². The van der Waals surface area contributed by atoms with Crippen molar-refractivity contribution in [1.29, 1.82) is 0 Å². The van der Waals surface area contributed by atoms with Gasteiger partial charge >= 0.3 is 0 Å². The van der Waals surface area contributed by atoms with Crippen molar-refractivity contribution in [3.8, 4) is 0 Å². The van der Waals surface area contributed by atoms with Crippen LogP contribution >= 0.6 is 0 Å². The van der Waals surface area contributed by atoms with Crippen LogP contribution in [0.4, 0.5) is 0 Å². The SMILES string of the molecule is O=C1[C@@H]2[C@H]3/C(=N/OCc4ccccc4)CC[C@H]3ON2CCN1Cc1ccccc1. The minimum Gasteiger partial charge on any atom is -0.391 e. The van der Waals surface area contributed by atoms with E-state index in [-0.39, 0.29) is 24.0 Å². The van der Waals surface area contributed by atoms with Gasteiger partial charge in [0.1, 0.15) is 12.6 Å². The minimum absolute atomic E-state index is 0.0168. The lowest BCUT2D eigenvalue weighted by Gasteiger charge is -2.37. The molecule has 1 aliphatic carbocycles. The molecule has 3 aliphatic rings. The molecule has 2 aliphatic heterocycles. The number of amides is 1. The number of hydrogen-bond acceptors (Lipinski definition) is 5. The lowest BCUT2D eigenvalue weighted by atomic mass is 9.93. The van der Waals surface area contributed by atoms with Crippen LogP contribution in [0.25, 0.3) is 0 Å². The lowest BCUT2D eigenvalue weighted by Crippen LogP contribution is -2.56. The van der Waals surface area contributed by atoms with E-state index in [1.807, 2.05) is 58.5 Å². The maximum absolute atomic E-state index is 13.3. The summed E-state index contributed by atoms with van der Waals surface area (Å²) in [6, 6.07) is 19.8. The average Bonchev–Trinajstić information content (AvgIpc) is 3.31. The van der Waals surface area contributed by atoms with E-state index in [4.69, 9.17) is 9.68 Å². The van der Waals surface area contributed by atoms with Crippen LogP contribution in [0, 0.1) is 5.92 Å². The van der Waals surface area contributed by atoms with E-state index in [1.165, 1.54) is 0 Å². The molecular formula is C23H25N3O3. The molecule has 2 heterocycles. The molecule has 1 amide bonds. The van der Waals surface area contributed by atoms with Crippen molar-refractivity contribution in [2.75, 3.05) is 13.1 Å². The number of carbonyl (C=O) groups excluding carboxylic acids is 1. The third kappa shape index (κ3) is 3.66. The van der Waals surface area contributed by atoms with Crippen molar-refractivity contribution in [3.63, 3.8) is 0 Å². The van der Waals surface area contributed by atoms with Crippen molar-refractivity contribution >= 4 is 11.6 Å². The fourth-order valence-corrected chi connectivity index (χ4v) is 4.59. The maximum Gasteiger partial charge on any atom is 0.243 e. The van der Waals surface area contributed by atoms with Crippen LogP contribution in [0.15, 0.2) is 65.8 Å². The number of hydrogen-bond donors (Lipinski definition) is 0. The number of oxime groups is 1. The smallest absolute Gasteiger partial charge is 0.243 e. The predicted octanol–water partition coefficient (Wildman–Crippen LogP) is 3.00. The van der Waals surface area contributed by atoms with Crippen LogP contribution < -0.4 is 0 Å². The fourth-order valence-electron chi connectivity index (χ4n) is 4.59. The topological polar surface area (TPSA) is 54.4 Å². The highest BCUT2D eigenvalue weighted by Gasteiger charge is 2.55. The summed E-state index contributed by atoms with van der Waals surface area (Å²) < 4.78 is 0. The van der Waals surface area contributed by atoms with Gasteiger partial charge in [0.25, 0.3) is 0 Å². The molecule has 0 spiro atoms. The van der Waals surface area contributed by atoms with E-state index in [2.05, 4.69) is 17.3 Å². The number of benzene rings is 2. The molecular weight excluding hydrogens is 366 g/mol. The summed E-state index contributed by atoms with van der Waals surface area (Å²) >= 11 is 0. The van der Waals surface area contributed by atoms with Gasteiger partial charge in [-0.1, -0.05) is 65.8 Å². The number of nitrogens with zero attached hydrogens (tertiary/aromatic N) is 3. The van der Waals surface area contributed by atoms with Crippen LogP contribution in [0.5, 0.6) is 0 Å². The third-order valence-electron chi connectivity index (χ3n) is 6.02. The van der Waals surface area contributed by atoms with Gasteiger partial charge in [0, 0.05) is 19.6 Å². The van der Waals surface area contributed by atoms with Gasteiger partial charge in [-0.15, -0.1) is 0 Å². The molecule has 2 aromatic carbocycles. The Morgan fingerprint density at radius 1 is 1.00 bits per heavy atom. The standard InChI is InChI=1S/C23H25N3O3/c27-23-22-21-19(24-28-16-18-9-5-2-6-10-18)11-12-20(21)29-26(22)14-13-25(23)15-17-7-3-1-4-8-17/h1-10,20-22H,11-16H2/b24-19+/t20-,21+,22+/m1/s1. The summed E-state index contributed by atoms with van der Waals surface area (Å²) in [4.78, 5) is 27.0. The molecule has 6 nitrogen and oxygen atoms in total. The first-order valence-electron chi connectivity index (χ1n) is 10.3. The van der Waals surface area contributed by atoms with Gasteiger partial charge in [0.2, 0.25) is 5.91 Å². The number of carbonyl (C=O) groups is 1. The average molecular weight is 391 g/mol. The highest BCUT2D eigenvalue weighted by Crippen LogP contribution is 2.40. The van der Waals surface area contributed by atoms with Gasteiger partial charge in [0.05, 0.1) is 17.7 Å². The normalized spacial score (nSPS) is 27.9. The summed E-state index contributed by atoms with van der Waals surface area (Å²) in [5, 5.41) is 6.31. The Balaban J connectivity index is 1.29.